The van der Waals surface area contributed by atoms with Crippen LogP contribution < -0.4 is 10.6 Å². The summed E-state index contributed by atoms with van der Waals surface area (Å²) in [5.74, 6) is 3.34. The van der Waals surface area contributed by atoms with Crippen LogP contribution in [0, 0.1) is 12.3 Å². The molecule has 9 nitrogen and oxygen atoms in total. The standard InChI is InChI=1S/C32H50N6O3/c1-7-8-9-10-11-12-13-14-15-16-21-37-28(19-20-33-37)30(39)35-29-23-27(36-38(29)32(4,5)6)25-17-18-26(22-25)41-31(40)34-24(2)3/h1,19-20,23-26H,8-18,21-22H2,2-6H3,(H,34,40)(H,35,39)/t25-,26+/m0/s1. The molecule has 0 bridgehead atoms. The monoisotopic (exact) mass is 566 g/mol. The molecule has 2 amide bonds. The molecule has 3 rings (SSSR count). The Morgan fingerprint density at radius 1 is 1.10 bits per heavy atom. The quantitative estimate of drug-likeness (QED) is 0.178. The van der Waals surface area contributed by atoms with E-state index >= 15 is 0 Å². The number of carbonyl (C=O) groups is 2. The Balaban J connectivity index is 1.54. The molecule has 2 aromatic rings. The van der Waals surface area contributed by atoms with E-state index in [0.29, 0.717) is 11.5 Å². The number of nitrogens with zero attached hydrogens (tertiary/aromatic N) is 4. The van der Waals surface area contributed by atoms with Crippen molar-refractivity contribution in [1.29, 1.82) is 0 Å². The molecular formula is C32H50N6O3. The number of rotatable bonds is 15. The lowest BCUT2D eigenvalue weighted by Gasteiger charge is -2.22. The van der Waals surface area contributed by atoms with Crippen LogP contribution in [0.2, 0.25) is 0 Å². The van der Waals surface area contributed by atoms with E-state index in [9.17, 15) is 9.59 Å². The maximum absolute atomic E-state index is 13.4. The third-order valence-electron chi connectivity index (χ3n) is 7.48. The van der Waals surface area contributed by atoms with Crippen molar-refractivity contribution in [3.8, 4) is 12.3 Å². The van der Waals surface area contributed by atoms with Gasteiger partial charge in [0.2, 0.25) is 0 Å². The third kappa shape index (κ3) is 10.2. The zero-order valence-corrected chi connectivity index (χ0v) is 25.7. The maximum Gasteiger partial charge on any atom is 0.407 e. The molecule has 41 heavy (non-hydrogen) atoms. The first-order valence-corrected chi connectivity index (χ1v) is 15.4. The van der Waals surface area contributed by atoms with E-state index in [1.165, 1.54) is 32.1 Å². The topological polar surface area (TPSA) is 103 Å². The number of aryl methyl sites for hydroxylation is 1. The van der Waals surface area contributed by atoms with E-state index in [4.69, 9.17) is 16.3 Å². The minimum Gasteiger partial charge on any atom is -0.446 e. The number of aromatic nitrogens is 4. The number of nitrogens with one attached hydrogen (secondary N) is 2. The second kappa shape index (κ2) is 15.6. The van der Waals surface area contributed by atoms with Gasteiger partial charge < -0.3 is 15.4 Å². The van der Waals surface area contributed by atoms with Crippen molar-refractivity contribution in [1.82, 2.24) is 24.9 Å². The van der Waals surface area contributed by atoms with Gasteiger partial charge in [-0.3, -0.25) is 9.48 Å². The van der Waals surface area contributed by atoms with Gasteiger partial charge in [-0.2, -0.15) is 10.2 Å². The first-order chi connectivity index (χ1) is 19.6. The summed E-state index contributed by atoms with van der Waals surface area (Å²) >= 11 is 0. The van der Waals surface area contributed by atoms with Gasteiger partial charge in [-0.05, 0) is 72.8 Å². The van der Waals surface area contributed by atoms with E-state index in [2.05, 4.69) is 42.4 Å². The highest BCUT2D eigenvalue weighted by Gasteiger charge is 2.32. The lowest BCUT2D eigenvalue weighted by atomic mass is 10.0. The number of unbranched alkanes of at least 4 members (excludes halogenated alkanes) is 8. The second-order valence-corrected chi connectivity index (χ2v) is 12.5. The van der Waals surface area contributed by atoms with Crippen molar-refractivity contribution >= 4 is 17.8 Å². The van der Waals surface area contributed by atoms with Crippen LogP contribution in [0.1, 0.15) is 134 Å². The highest BCUT2D eigenvalue weighted by Crippen LogP contribution is 2.37. The highest BCUT2D eigenvalue weighted by molar-refractivity contribution is 6.02. The average Bonchev–Trinajstić information content (AvgIpc) is 3.64. The lowest BCUT2D eigenvalue weighted by Crippen LogP contribution is -2.33. The van der Waals surface area contributed by atoms with E-state index in [0.717, 1.165) is 57.2 Å². The fourth-order valence-electron chi connectivity index (χ4n) is 5.37. The summed E-state index contributed by atoms with van der Waals surface area (Å²) in [6.07, 6.45) is 19.2. The van der Waals surface area contributed by atoms with Gasteiger partial charge in [0.1, 0.15) is 17.6 Å². The summed E-state index contributed by atoms with van der Waals surface area (Å²) in [6, 6.07) is 3.78. The molecule has 0 radical (unpaired) electrons. The van der Waals surface area contributed by atoms with E-state index < -0.39 is 0 Å². The molecule has 226 valence electrons. The molecule has 1 aliphatic carbocycles. The summed E-state index contributed by atoms with van der Waals surface area (Å²) in [7, 11) is 0. The van der Waals surface area contributed by atoms with Crippen molar-refractivity contribution in [3.63, 3.8) is 0 Å². The predicted octanol–water partition coefficient (Wildman–Crippen LogP) is 7.00. The summed E-state index contributed by atoms with van der Waals surface area (Å²) in [5.41, 5.74) is 1.14. The largest absolute Gasteiger partial charge is 0.446 e. The van der Waals surface area contributed by atoms with Gasteiger partial charge in [0.25, 0.3) is 5.91 Å². The van der Waals surface area contributed by atoms with Gasteiger partial charge in [-0.15, -0.1) is 12.3 Å². The number of anilines is 1. The van der Waals surface area contributed by atoms with Crippen molar-refractivity contribution in [2.75, 3.05) is 5.32 Å². The van der Waals surface area contributed by atoms with Crippen molar-refractivity contribution in [2.24, 2.45) is 0 Å². The zero-order valence-electron chi connectivity index (χ0n) is 25.7. The molecule has 0 aromatic carbocycles. The SMILES string of the molecule is C#CCCCCCCCCCCn1nccc1C(=O)Nc1cc([C@H]2CC[C@@H](OC(=O)NC(C)C)C2)nn1C(C)(C)C. The van der Waals surface area contributed by atoms with Crippen LogP contribution in [0.15, 0.2) is 18.3 Å². The third-order valence-corrected chi connectivity index (χ3v) is 7.48. The number of ether oxygens (including phenoxy) is 1. The van der Waals surface area contributed by atoms with Crippen LogP contribution in [0.4, 0.5) is 10.6 Å². The number of terminal acetylenes is 1. The molecule has 0 saturated heterocycles. The van der Waals surface area contributed by atoms with Crippen LogP contribution in [-0.2, 0) is 16.8 Å². The Morgan fingerprint density at radius 2 is 1.78 bits per heavy atom. The predicted molar refractivity (Wildman–Crippen MR) is 163 cm³/mol. The molecule has 9 heteroatoms. The Morgan fingerprint density at radius 3 is 2.44 bits per heavy atom. The van der Waals surface area contributed by atoms with Crippen LogP contribution >= 0.6 is 0 Å². The minimum absolute atomic E-state index is 0.0367. The molecule has 2 aromatic heterocycles. The van der Waals surface area contributed by atoms with E-state index in [-0.39, 0.29) is 35.6 Å². The molecule has 2 N–H and O–H groups in total. The van der Waals surface area contributed by atoms with Gasteiger partial charge >= 0.3 is 6.09 Å². The van der Waals surface area contributed by atoms with E-state index in [1.807, 2.05) is 24.6 Å². The molecule has 2 heterocycles. The van der Waals surface area contributed by atoms with Gasteiger partial charge in [-0.1, -0.05) is 38.5 Å². The summed E-state index contributed by atoms with van der Waals surface area (Å²) in [4.78, 5) is 25.4. The number of hydrogen-bond donors (Lipinski definition) is 2. The lowest BCUT2D eigenvalue weighted by molar-refractivity contribution is 0.0979. The summed E-state index contributed by atoms with van der Waals surface area (Å²) < 4.78 is 9.29. The van der Waals surface area contributed by atoms with Crippen LogP contribution in [0.25, 0.3) is 0 Å². The zero-order chi connectivity index (χ0) is 29.8. The Bertz CT molecular complexity index is 1150. The fraction of sp³-hybridized carbons (Fsp3) is 0.688. The first kappa shape index (κ1) is 32.2. The Hall–Kier alpha value is -3.28. The van der Waals surface area contributed by atoms with E-state index in [1.54, 1.807) is 16.9 Å². The summed E-state index contributed by atoms with van der Waals surface area (Å²) in [5, 5.41) is 15.2. The van der Waals surface area contributed by atoms with Crippen LogP contribution in [-0.4, -0.2) is 43.7 Å². The van der Waals surface area contributed by atoms with Crippen molar-refractivity contribution < 1.29 is 14.3 Å². The van der Waals surface area contributed by atoms with Gasteiger partial charge in [0.15, 0.2) is 0 Å². The number of alkyl carbamates (subject to hydrolysis) is 1. The molecule has 0 aliphatic heterocycles. The molecule has 1 aliphatic rings. The van der Waals surface area contributed by atoms with Gasteiger partial charge in [-0.25, -0.2) is 9.48 Å². The van der Waals surface area contributed by atoms with Crippen molar-refractivity contribution in [3.05, 3.63) is 29.7 Å². The summed E-state index contributed by atoms with van der Waals surface area (Å²) in [6.45, 7) is 10.7. The van der Waals surface area contributed by atoms with Crippen molar-refractivity contribution in [2.45, 2.75) is 142 Å². The molecular weight excluding hydrogens is 516 g/mol. The smallest absolute Gasteiger partial charge is 0.407 e. The molecule has 0 spiro atoms. The van der Waals surface area contributed by atoms with Gasteiger partial charge in [0.05, 0.1) is 11.2 Å². The Kier molecular flexibility index (Phi) is 12.3. The molecule has 2 atom stereocenters. The molecule has 1 fully saturated rings. The van der Waals surface area contributed by atoms with Crippen LogP contribution in [0.5, 0.6) is 0 Å². The fourth-order valence-corrected chi connectivity index (χ4v) is 5.37. The molecule has 1 saturated carbocycles. The number of amides is 2. The maximum atomic E-state index is 13.4. The first-order valence-electron chi connectivity index (χ1n) is 15.4. The number of hydrogen-bond acceptors (Lipinski definition) is 5. The van der Waals surface area contributed by atoms with Gasteiger partial charge in [0, 0.05) is 37.2 Å². The van der Waals surface area contributed by atoms with Crippen LogP contribution in [0.3, 0.4) is 0 Å². The Labute approximate surface area is 246 Å². The average molecular weight is 567 g/mol. The minimum atomic E-state index is -0.373. The highest BCUT2D eigenvalue weighted by atomic mass is 16.6. The molecule has 0 unspecified atom stereocenters. The second-order valence-electron chi connectivity index (χ2n) is 12.5. The normalized spacial score (nSPS) is 17.0. The number of carbonyl (C=O) groups excluding carboxylic acids is 2.